The first-order chi connectivity index (χ1) is 13.0. The summed E-state index contributed by atoms with van der Waals surface area (Å²) >= 11 is 0. The second-order valence-electron chi connectivity index (χ2n) is 6.62. The number of rotatable bonds is 12. The highest BCUT2D eigenvalue weighted by Crippen LogP contribution is 2.13. The van der Waals surface area contributed by atoms with Crippen molar-refractivity contribution >= 4 is 12.1 Å². The minimum Gasteiger partial charge on any atom is -0.462 e. The Morgan fingerprint density at radius 2 is 1.74 bits per heavy atom. The van der Waals surface area contributed by atoms with E-state index in [0.29, 0.717) is 17.9 Å². The van der Waals surface area contributed by atoms with Crippen LogP contribution in [0.1, 0.15) is 63.7 Å². The highest BCUT2D eigenvalue weighted by molar-refractivity contribution is 5.89. The average Bonchev–Trinajstić information content (AvgIpc) is 2.65. The standard InChI is InChI=1S/C21H34N2O4/c1-5-8-16-26-20(24)18-11-13-19(14-12-18)27-21(25)22-17(4)10-9-15-23(6-2)7-3/h11-14,17H,5-10,15-16H2,1-4H3,(H,22,25). The summed E-state index contributed by atoms with van der Waals surface area (Å²) in [6.07, 6.45) is 3.26. The van der Waals surface area contributed by atoms with Gasteiger partial charge in [-0.1, -0.05) is 27.2 Å². The van der Waals surface area contributed by atoms with Gasteiger partial charge < -0.3 is 19.7 Å². The molecule has 1 unspecified atom stereocenters. The van der Waals surface area contributed by atoms with Gasteiger partial charge in [0.05, 0.1) is 12.2 Å². The fourth-order valence-electron chi connectivity index (χ4n) is 2.62. The molecule has 0 radical (unpaired) electrons. The quantitative estimate of drug-likeness (QED) is 0.435. The maximum absolute atomic E-state index is 12.0. The molecule has 1 amide bonds. The van der Waals surface area contributed by atoms with Gasteiger partial charge in [-0.25, -0.2) is 9.59 Å². The van der Waals surface area contributed by atoms with Gasteiger partial charge in [-0.2, -0.15) is 0 Å². The first-order valence-corrected chi connectivity index (χ1v) is 9.97. The molecule has 0 aliphatic carbocycles. The van der Waals surface area contributed by atoms with Crippen molar-refractivity contribution < 1.29 is 19.1 Å². The molecule has 0 bridgehead atoms. The molecule has 1 N–H and O–H groups in total. The summed E-state index contributed by atoms with van der Waals surface area (Å²) < 4.78 is 10.4. The molecule has 1 atom stereocenters. The molecule has 27 heavy (non-hydrogen) atoms. The molecule has 1 rings (SSSR count). The van der Waals surface area contributed by atoms with Gasteiger partial charge >= 0.3 is 12.1 Å². The van der Waals surface area contributed by atoms with Crippen LogP contribution in [0.25, 0.3) is 0 Å². The van der Waals surface area contributed by atoms with Gasteiger partial charge in [-0.15, -0.1) is 0 Å². The van der Waals surface area contributed by atoms with Gasteiger partial charge in [0.2, 0.25) is 0 Å². The number of carbonyl (C=O) groups is 2. The van der Waals surface area contributed by atoms with Crippen molar-refractivity contribution in [3.05, 3.63) is 29.8 Å². The third kappa shape index (κ3) is 9.43. The predicted molar refractivity (Wildman–Crippen MR) is 107 cm³/mol. The Bertz CT molecular complexity index is 556. The Balaban J connectivity index is 2.36. The zero-order chi connectivity index (χ0) is 20.1. The van der Waals surface area contributed by atoms with Crippen molar-refractivity contribution in [3.63, 3.8) is 0 Å². The van der Waals surface area contributed by atoms with Gasteiger partial charge in [0.15, 0.2) is 0 Å². The SMILES string of the molecule is CCCCOC(=O)c1ccc(OC(=O)NC(C)CCCN(CC)CC)cc1. The van der Waals surface area contributed by atoms with Crippen LogP contribution in [0.3, 0.4) is 0 Å². The van der Waals surface area contributed by atoms with Crippen LogP contribution >= 0.6 is 0 Å². The average molecular weight is 379 g/mol. The third-order valence-corrected chi connectivity index (χ3v) is 4.40. The fraction of sp³-hybridized carbons (Fsp3) is 0.619. The first kappa shape index (κ1) is 23.0. The predicted octanol–water partition coefficient (Wildman–Crippen LogP) is 4.24. The number of esters is 1. The van der Waals surface area contributed by atoms with Crippen LogP contribution < -0.4 is 10.1 Å². The van der Waals surface area contributed by atoms with E-state index in [0.717, 1.165) is 45.3 Å². The van der Waals surface area contributed by atoms with Crippen LogP contribution in [0.4, 0.5) is 4.79 Å². The third-order valence-electron chi connectivity index (χ3n) is 4.40. The number of benzene rings is 1. The lowest BCUT2D eigenvalue weighted by Crippen LogP contribution is -2.35. The highest BCUT2D eigenvalue weighted by atomic mass is 16.6. The van der Waals surface area contributed by atoms with Gasteiger partial charge in [-0.3, -0.25) is 0 Å². The lowest BCUT2D eigenvalue weighted by Gasteiger charge is -2.19. The summed E-state index contributed by atoms with van der Waals surface area (Å²) in [7, 11) is 0. The topological polar surface area (TPSA) is 67.9 Å². The Labute approximate surface area is 163 Å². The molecule has 0 aliphatic rings. The van der Waals surface area contributed by atoms with Crippen molar-refractivity contribution in [2.75, 3.05) is 26.2 Å². The Morgan fingerprint density at radius 3 is 2.33 bits per heavy atom. The molecule has 0 spiro atoms. The van der Waals surface area contributed by atoms with E-state index < -0.39 is 6.09 Å². The molecule has 0 saturated carbocycles. The minimum absolute atomic E-state index is 0.0425. The monoisotopic (exact) mass is 378 g/mol. The molecule has 0 aliphatic heterocycles. The van der Waals surface area contributed by atoms with Crippen molar-refractivity contribution in [1.82, 2.24) is 10.2 Å². The molecule has 1 aromatic carbocycles. The lowest BCUT2D eigenvalue weighted by molar-refractivity contribution is 0.0499. The van der Waals surface area contributed by atoms with Crippen molar-refractivity contribution in [2.24, 2.45) is 0 Å². The van der Waals surface area contributed by atoms with E-state index in [1.807, 2.05) is 13.8 Å². The van der Waals surface area contributed by atoms with Crippen LogP contribution in [-0.2, 0) is 4.74 Å². The number of nitrogens with one attached hydrogen (secondary N) is 1. The van der Waals surface area contributed by atoms with Crippen LogP contribution in [0, 0.1) is 0 Å². The maximum atomic E-state index is 12.0. The van der Waals surface area contributed by atoms with E-state index >= 15 is 0 Å². The number of carbonyl (C=O) groups excluding carboxylic acids is 2. The second kappa shape index (κ2) is 13.1. The summed E-state index contributed by atoms with van der Waals surface area (Å²) in [6.45, 7) is 11.9. The number of ether oxygens (including phenoxy) is 2. The highest BCUT2D eigenvalue weighted by Gasteiger charge is 2.11. The molecular formula is C21H34N2O4. The van der Waals surface area contributed by atoms with E-state index in [2.05, 4.69) is 24.1 Å². The lowest BCUT2D eigenvalue weighted by atomic mass is 10.2. The number of amides is 1. The molecule has 0 heterocycles. The molecule has 0 fully saturated rings. The number of nitrogens with zero attached hydrogens (tertiary/aromatic N) is 1. The zero-order valence-corrected chi connectivity index (χ0v) is 17.1. The first-order valence-electron chi connectivity index (χ1n) is 9.97. The normalized spacial score (nSPS) is 11.9. The fourth-order valence-corrected chi connectivity index (χ4v) is 2.62. The molecule has 6 heteroatoms. The van der Waals surface area contributed by atoms with E-state index in [1.54, 1.807) is 24.3 Å². The van der Waals surface area contributed by atoms with E-state index in [1.165, 1.54) is 0 Å². The Hall–Kier alpha value is -2.08. The summed E-state index contributed by atoms with van der Waals surface area (Å²) in [5, 5.41) is 2.84. The van der Waals surface area contributed by atoms with Gasteiger partial charge in [0.25, 0.3) is 0 Å². The summed E-state index contributed by atoms with van der Waals surface area (Å²) in [4.78, 5) is 26.2. The molecule has 152 valence electrons. The molecule has 0 saturated heterocycles. The van der Waals surface area contributed by atoms with Crippen molar-refractivity contribution in [3.8, 4) is 5.75 Å². The summed E-state index contributed by atoms with van der Waals surface area (Å²) in [5.74, 6) is 0.0363. The second-order valence-corrected chi connectivity index (χ2v) is 6.62. The van der Waals surface area contributed by atoms with Gasteiger partial charge in [-0.05, 0) is 70.1 Å². The summed E-state index contributed by atoms with van der Waals surface area (Å²) in [5.41, 5.74) is 0.448. The summed E-state index contributed by atoms with van der Waals surface area (Å²) in [6, 6.07) is 6.44. The van der Waals surface area contributed by atoms with Crippen molar-refractivity contribution in [2.45, 2.75) is 59.4 Å². The van der Waals surface area contributed by atoms with E-state index in [-0.39, 0.29) is 12.0 Å². The van der Waals surface area contributed by atoms with Crippen LogP contribution in [-0.4, -0.2) is 49.2 Å². The molecule has 1 aromatic rings. The molecule has 0 aromatic heterocycles. The molecule has 6 nitrogen and oxygen atoms in total. The molecular weight excluding hydrogens is 344 g/mol. The van der Waals surface area contributed by atoms with E-state index in [9.17, 15) is 9.59 Å². The van der Waals surface area contributed by atoms with Gasteiger partial charge in [0, 0.05) is 6.04 Å². The zero-order valence-electron chi connectivity index (χ0n) is 17.1. The van der Waals surface area contributed by atoms with E-state index in [4.69, 9.17) is 9.47 Å². The largest absolute Gasteiger partial charge is 0.462 e. The number of hydrogen-bond acceptors (Lipinski definition) is 5. The smallest absolute Gasteiger partial charge is 0.412 e. The van der Waals surface area contributed by atoms with Crippen LogP contribution in [0.15, 0.2) is 24.3 Å². The number of unbranched alkanes of at least 4 members (excludes halogenated alkanes) is 1. The Kier molecular flexibility index (Phi) is 11.2. The van der Waals surface area contributed by atoms with Crippen molar-refractivity contribution in [1.29, 1.82) is 0 Å². The Morgan fingerprint density at radius 1 is 1.07 bits per heavy atom. The minimum atomic E-state index is -0.483. The van der Waals surface area contributed by atoms with Crippen LogP contribution in [0.5, 0.6) is 5.75 Å². The van der Waals surface area contributed by atoms with Crippen LogP contribution in [0.2, 0.25) is 0 Å². The number of hydrogen-bond donors (Lipinski definition) is 1. The van der Waals surface area contributed by atoms with Gasteiger partial charge in [0.1, 0.15) is 5.75 Å². The maximum Gasteiger partial charge on any atom is 0.412 e.